The number of rotatable bonds is 2. The fourth-order valence-electron chi connectivity index (χ4n) is 1.37. The molecule has 0 aliphatic carbocycles. The molecular formula is C12H7F3N4. The predicted octanol–water partition coefficient (Wildman–Crippen LogP) is 3.11. The molecule has 19 heavy (non-hydrogen) atoms. The third-order valence-electron chi connectivity index (χ3n) is 2.24. The summed E-state index contributed by atoms with van der Waals surface area (Å²) in [5.41, 5.74) is -0.356. The van der Waals surface area contributed by atoms with Crippen LogP contribution in [0.1, 0.15) is 11.3 Å². The SMILES string of the molecule is N#Cc1cccnc1Nc1ccc(C(F)(F)F)nc1. The predicted molar refractivity (Wildman–Crippen MR) is 61.5 cm³/mol. The van der Waals surface area contributed by atoms with Crippen LogP contribution in [0.3, 0.4) is 0 Å². The summed E-state index contributed by atoms with van der Waals surface area (Å²) in [6.45, 7) is 0. The average Bonchev–Trinajstić information content (AvgIpc) is 2.39. The molecule has 0 bridgehead atoms. The van der Waals surface area contributed by atoms with E-state index in [2.05, 4.69) is 15.3 Å². The van der Waals surface area contributed by atoms with Gasteiger partial charge in [0.15, 0.2) is 0 Å². The quantitative estimate of drug-likeness (QED) is 0.905. The fraction of sp³-hybridized carbons (Fsp3) is 0.0833. The van der Waals surface area contributed by atoms with Crippen molar-refractivity contribution in [2.45, 2.75) is 6.18 Å². The molecule has 2 heterocycles. The second-order valence-electron chi connectivity index (χ2n) is 3.57. The lowest BCUT2D eigenvalue weighted by molar-refractivity contribution is -0.141. The Balaban J connectivity index is 2.23. The van der Waals surface area contributed by atoms with Crippen LogP contribution >= 0.6 is 0 Å². The minimum absolute atomic E-state index is 0.270. The molecule has 2 aromatic heterocycles. The van der Waals surface area contributed by atoms with Crippen LogP contribution in [-0.4, -0.2) is 9.97 Å². The first-order valence-corrected chi connectivity index (χ1v) is 5.16. The van der Waals surface area contributed by atoms with E-state index in [1.807, 2.05) is 6.07 Å². The lowest BCUT2D eigenvalue weighted by Gasteiger charge is -2.08. The van der Waals surface area contributed by atoms with Crippen LogP contribution in [0.4, 0.5) is 24.7 Å². The van der Waals surface area contributed by atoms with Crippen molar-refractivity contribution in [1.29, 1.82) is 5.26 Å². The maximum atomic E-state index is 12.3. The summed E-state index contributed by atoms with van der Waals surface area (Å²) >= 11 is 0. The Morgan fingerprint density at radius 3 is 2.53 bits per heavy atom. The van der Waals surface area contributed by atoms with E-state index >= 15 is 0 Å². The van der Waals surface area contributed by atoms with Gasteiger partial charge in [0, 0.05) is 6.20 Å². The summed E-state index contributed by atoms with van der Waals surface area (Å²) in [7, 11) is 0. The van der Waals surface area contributed by atoms with Gasteiger partial charge in [-0.2, -0.15) is 18.4 Å². The number of alkyl halides is 3. The van der Waals surface area contributed by atoms with Gasteiger partial charge in [-0.1, -0.05) is 0 Å². The second-order valence-corrected chi connectivity index (χ2v) is 3.57. The van der Waals surface area contributed by atoms with Gasteiger partial charge in [-0.15, -0.1) is 0 Å². The molecule has 0 fully saturated rings. The third-order valence-corrected chi connectivity index (χ3v) is 2.24. The van der Waals surface area contributed by atoms with Gasteiger partial charge in [-0.3, -0.25) is 0 Å². The summed E-state index contributed by atoms with van der Waals surface area (Å²) < 4.78 is 37.0. The zero-order chi connectivity index (χ0) is 13.9. The molecule has 1 N–H and O–H groups in total. The molecule has 0 saturated carbocycles. The summed E-state index contributed by atoms with van der Waals surface area (Å²) in [5, 5.41) is 11.6. The summed E-state index contributed by atoms with van der Waals surface area (Å²) in [6, 6.07) is 7.15. The lowest BCUT2D eigenvalue weighted by atomic mass is 10.2. The van der Waals surface area contributed by atoms with Crippen molar-refractivity contribution in [2.24, 2.45) is 0 Å². The van der Waals surface area contributed by atoms with Gasteiger partial charge in [0.2, 0.25) is 0 Å². The van der Waals surface area contributed by atoms with Crippen LogP contribution in [0.25, 0.3) is 0 Å². The molecule has 96 valence electrons. The molecule has 4 nitrogen and oxygen atoms in total. The number of aromatic nitrogens is 2. The number of nitrogens with one attached hydrogen (secondary N) is 1. The summed E-state index contributed by atoms with van der Waals surface area (Å²) in [6.07, 6.45) is -1.96. The normalized spacial score (nSPS) is 10.8. The molecule has 0 atom stereocenters. The van der Waals surface area contributed by atoms with Crippen LogP contribution < -0.4 is 5.32 Å². The van der Waals surface area contributed by atoms with Gasteiger partial charge in [-0.25, -0.2) is 9.97 Å². The molecule has 0 aliphatic rings. The zero-order valence-corrected chi connectivity index (χ0v) is 9.44. The van der Waals surface area contributed by atoms with Crippen molar-refractivity contribution in [2.75, 3.05) is 5.32 Å². The van der Waals surface area contributed by atoms with Crippen molar-refractivity contribution >= 4 is 11.5 Å². The van der Waals surface area contributed by atoms with E-state index in [1.165, 1.54) is 12.3 Å². The number of pyridine rings is 2. The zero-order valence-electron chi connectivity index (χ0n) is 9.44. The molecule has 0 saturated heterocycles. The molecule has 2 aromatic rings. The number of hydrogen-bond acceptors (Lipinski definition) is 4. The highest BCUT2D eigenvalue weighted by Crippen LogP contribution is 2.28. The molecule has 0 aliphatic heterocycles. The highest BCUT2D eigenvalue weighted by atomic mass is 19.4. The van der Waals surface area contributed by atoms with Gasteiger partial charge < -0.3 is 5.32 Å². The van der Waals surface area contributed by atoms with E-state index in [9.17, 15) is 13.2 Å². The number of hydrogen-bond donors (Lipinski definition) is 1. The maximum absolute atomic E-state index is 12.3. The Morgan fingerprint density at radius 2 is 1.95 bits per heavy atom. The molecular weight excluding hydrogens is 257 g/mol. The number of nitrogens with zero attached hydrogens (tertiary/aromatic N) is 3. The van der Waals surface area contributed by atoms with Crippen molar-refractivity contribution in [3.63, 3.8) is 0 Å². The van der Waals surface area contributed by atoms with Gasteiger partial charge in [0.25, 0.3) is 0 Å². The highest BCUT2D eigenvalue weighted by molar-refractivity contribution is 5.61. The van der Waals surface area contributed by atoms with Gasteiger partial charge in [0.05, 0.1) is 17.4 Å². The molecule has 0 aromatic carbocycles. The van der Waals surface area contributed by atoms with Crippen LogP contribution in [0, 0.1) is 11.3 Å². The van der Waals surface area contributed by atoms with Crippen molar-refractivity contribution in [1.82, 2.24) is 9.97 Å². The van der Waals surface area contributed by atoms with Crippen LogP contribution in [0.15, 0.2) is 36.7 Å². The highest BCUT2D eigenvalue weighted by Gasteiger charge is 2.32. The van der Waals surface area contributed by atoms with E-state index in [1.54, 1.807) is 12.1 Å². The van der Waals surface area contributed by atoms with E-state index in [0.717, 1.165) is 12.3 Å². The Bertz CT molecular complexity index is 614. The smallest absolute Gasteiger partial charge is 0.338 e. The van der Waals surface area contributed by atoms with E-state index in [-0.39, 0.29) is 5.82 Å². The third kappa shape index (κ3) is 2.98. The summed E-state index contributed by atoms with van der Waals surface area (Å²) in [4.78, 5) is 7.24. The Labute approximate surface area is 106 Å². The maximum Gasteiger partial charge on any atom is 0.433 e. The van der Waals surface area contributed by atoms with Crippen LogP contribution in [0.2, 0.25) is 0 Å². The van der Waals surface area contributed by atoms with E-state index < -0.39 is 11.9 Å². The number of nitriles is 1. The lowest BCUT2D eigenvalue weighted by Crippen LogP contribution is -2.07. The second kappa shape index (κ2) is 4.94. The monoisotopic (exact) mass is 264 g/mol. The Kier molecular flexibility index (Phi) is 3.33. The van der Waals surface area contributed by atoms with Crippen LogP contribution in [0.5, 0.6) is 0 Å². The van der Waals surface area contributed by atoms with E-state index in [0.29, 0.717) is 11.3 Å². The first kappa shape index (κ1) is 12.8. The molecule has 0 unspecified atom stereocenters. The fourth-order valence-corrected chi connectivity index (χ4v) is 1.37. The van der Waals surface area contributed by atoms with Crippen molar-refractivity contribution < 1.29 is 13.2 Å². The van der Waals surface area contributed by atoms with Crippen LogP contribution in [-0.2, 0) is 6.18 Å². The van der Waals surface area contributed by atoms with E-state index in [4.69, 9.17) is 5.26 Å². The standard InChI is InChI=1S/C12H7F3N4/c13-12(14,15)10-4-3-9(7-18-10)19-11-8(6-16)2-1-5-17-11/h1-5,7H,(H,17,19). The first-order chi connectivity index (χ1) is 9.00. The molecule has 0 amide bonds. The van der Waals surface area contributed by atoms with Gasteiger partial charge in [0.1, 0.15) is 17.6 Å². The number of anilines is 2. The van der Waals surface area contributed by atoms with Gasteiger partial charge >= 0.3 is 6.18 Å². The minimum atomic E-state index is -4.47. The molecule has 7 heteroatoms. The first-order valence-electron chi connectivity index (χ1n) is 5.16. The molecule has 0 spiro atoms. The van der Waals surface area contributed by atoms with Crippen molar-refractivity contribution in [3.8, 4) is 6.07 Å². The summed E-state index contributed by atoms with van der Waals surface area (Å²) in [5.74, 6) is 0.270. The Morgan fingerprint density at radius 1 is 1.16 bits per heavy atom. The number of halogens is 3. The topological polar surface area (TPSA) is 61.6 Å². The Hall–Kier alpha value is -2.62. The largest absolute Gasteiger partial charge is 0.433 e. The molecule has 0 radical (unpaired) electrons. The average molecular weight is 264 g/mol. The van der Waals surface area contributed by atoms with Gasteiger partial charge in [-0.05, 0) is 24.3 Å². The minimum Gasteiger partial charge on any atom is -0.338 e. The van der Waals surface area contributed by atoms with Crippen molar-refractivity contribution in [3.05, 3.63) is 47.9 Å². The molecule has 2 rings (SSSR count).